The van der Waals surface area contributed by atoms with Gasteiger partial charge < -0.3 is 9.15 Å². The number of ether oxygens (including phenoxy) is 1. The first-order valence-electron chi connectivity index (χ1n) is 10.3. The number of amides is 1. The van der Waals surface area contributed by atoms with Crippen LogP contribution in [0.2, 0.25) is 0 Å². The molecule has 160 valence electrons. The Morgan fingerprint density at radius 2 is 2.07 bits per heavy atom. The monoisotopic (exact) mass is 413 g/mol. The number of hydrazone groups is 1. The predicted molar refractivity (Wildman–Crippen MR) is 111 cm³/mol. The summed E-state index contributed by atoms with van der Waals surface area (Å²) in [4.78, 5) is 36.7. The fourth-order valence-corrected chi connectivity index (χ4v) is 4.97. The molecule has 2 aromatic rings. The summed E-state index contributed by atoms with van der Waals surface area (Å²) in [6, 6.07) is 5.89. The molecule has 2 bridgehead atoms. The Morgan fingerprint density at radius 3 is 2.73 bits per heavy atom. The molecule has 0 aliphatic heterocycles. The van der Waals surface area contributed by atoms with Crippen molar-refractivity contribution in [2.24, 2.45) is 21.8 Å². The van der Waals surface area contributed by atoms with Crippen LogP contribution in [0, 0.1) is 16.7 Å². The number of fused-ring (bicyclic) bond motifs is 3. The van der Waals surface area contributed by atoms with E-state index in [-0.39, 0.29) is 10.8 Å². The summed E-state index contributed by atoms with van der Waals surface area (Å²) in [7, 11) is 0. The first kappa shape index (κ1) is 20.4. The molecule has 1 heterocycles. The third-order valence-electron chi connectivity index (χ3n) is 7.42. The number of hydrogen-bond donors (Lipinski definition) is 1. The Labute approximate surface area is 174 Å². The van der Waals surface area contributed by atoms with Gasteiger partial charge in [0.2, 0.25) is 0 Å². The van der Waals surface area contributed by atoms with Gasteiger partial charge in [-0.05, 0) is 49.7 Å². The minimum absolute atomic E-state index is 0.0142. The molecule has 0 radical (unpaired) electrons. The number of carbonyl (C=O) groups is 2. The summed E-state index contributed by atoms with van der Waals surface area (Å²) in [5.74, 6) is -1.26. The SMILES string of the molecule is CC(C(=O)OCC(=O)N/N=C1\CC2CCC1(C)C2(C)C)n1c(=O)oc2ccccc21. The normalized spacial score (nSPS) is 26.8. The van der Waals surface area contributed by atoms with Gasteiger partial charge in [0.05, 0.1) is 5.52 Å². The number of rotatable bonds is 5. The highest BCUT2D eigenvalue weighted by atomic mass is 16.5. The van der Waals surface area contributed by atoms with Crippen LogP contribution in [-0.4, -0.2) is 28.8 Å². The zero-order chi connectivity index (χ0) is 21.7. The molecular formula is C22H27N3O5. The Morgan fingerprint density at radius 1 is 1.33 bits per heavy atom. The molecule has 3 atom stereocenters. The summed E-state index contributed by atoms with van der Waals surface area (Å²) in [6.07, 6.45) is 3.14. The van der Waals surface area contributed by atoms with E-state index in [1.807, 2.05) is 0 Å². The minimum atomic E-state index is -0.925. The summed E-state index contributed by atoms with van der Waals surface area (Å²) in [5, 5.41) is 4.36. The zero-order valence-electron chi connectivity index (χ0n) is 17.7. The lowest BCUT2D eigenvalue weighted by Gasteiger charge is -2.34. The van der Waals surface area contributed by atoms with E-state index >= 15 is 0 Å². The number of para-hydroxylation sites is 2. The van der Waals surface area contributed by atoms with Gasteiger partial charge >= 0.3 is 11.7 Å². The van der Waals surface area contributed by atoms with E-state index in [0.29, 0.717) is 17.0 Å². The Kier molecular flexibility index (Phi) is 4.83. The van der Waals surface area contributed by atoms with Gasteiger partial charge in [0, 0.05) is 11.1 Å². The van der Waals surface area contributed by atoms with E-state index in [0.717, 1.165) is 18.6 Å². The van der Waals surface area contributed by atoms with Gasteiger partial charge in [-0.15, -0.1) is 0 Å². The molecule has 1 aromatic carbocycles. The molecule has 8 heteroatoms. The molecule has 2 aliphatic carbocycles. The topological polar surface area (TPSA) is 103 Å². The van der Waals surface area contributed by atoms with Crippen LogP contribution in [0.4, 0.5) is 0 Å². The maximum Gasteiger partial charge on any atom is 0.420 e. The van der Waals surface area contributed by atoms with Gasteiger partial charge in [0.15, 0.2) is 12.2 Å². The van der Waals surface area contributed by atoms with Crippen LogP contribution in [0.15, 0.2) is 38.6 Å². The van der Waals surface area contributed by atoms with Crippen LogP contribution >= 0.6 is 0 Å². The maximum atomic E-state index is 12.4. The van der Waals surface area contributed by atoms with Crippen LogP contribution in [0.5, 0.6) is 0 Å². The molecule has 30 heavy (non-hydrogen) atoms. The number of nitrogens with one attached hydrogen (secondary N) is 1. The van der Waals surface area contributed by atoms with Crippen molar-refractivity contribution in [1.82, 2.24) is 9.99 Å². The fourth-order valence-electron chi connectivity index (χ4n) is 4.97. The first-order valence-corrected chi connectivity index (χ1v) is 10.3. The van der Waals surface area contributed by atoms with Gasteiger partial charge in [-0.2, -0.15) is 5.10 Å². The van der Waals surface area contributed by atoms with Gasteiger partial charge in [-0.3, -0.25) is 9.36 Å². The molecule has 1 aromatic heterocycles. The third-order valence-corrected chi connectivity index (χ3v) is 7.42. The molecule has 1 N–H and O–H groups in total. The van der Waals surface area contributed by atoms with Gasteiger partial charge in [-0.25, -0.2) is 15.0 Å². The minimum Gasteiger partial charge on any atom is -0.454 e. The Hall–Kier alpha value is -2.90. The van der Waals surface area contributed by atoms with Crippen molar-refractivity contribution in [3.8, 4) is 0 Å². The lowest BCUT2D eigenvalue weighted by atomic mass is 9.70. The van der Waals surface area contributed by atoms with Gasteiger partial charge in [0.1, 0.15) is 6.04 Å². The molecule has 8 nitrogen and oxygen atoms in total. The highest BCUT2D eigenvalue weighted by Crippen LogP contribution is 2.63. The average Bonchev–Trinajstić information content (AvgIpc) is 3.23. The molecule has 4 rings (SSSR count). The number of aromatic nitrogens is 1. The van der Waals surface area contributed by atoms with E-state index in [4.69, 9.17) is 9.15 Å². The molecule has 2 saturated carbocycles. The molecule has 2 fully saturated rings. The van der Waals surface area contributed by atoms with E-state index in [2.05, 4.69) is 31.3 Å². The smallest absolute Gasteiger partial charge is 0.420 e. The van der Waals surface area contributed by atoms with Crippen molar-refractivity contribution in [2.45, 2.75) is 53.0 Å². The second-order valence-electron chi connectivity index (χ2n) is 9.08. The fraction of sp³-hybridized carbons (Fsp3) is 0.545. The molecule has 1 amide bonds. The summed E-state index contributed by atoms with van der Waals surface area (Å²) < 4.78 is 11.5. The summed E-state index contributed by atoms with van der Waals surface area (Å²) in [5.41, 5.74) is 4.57. The van der Waals surface area contributed by atoms with E-state index < -0.39 is 30.3 Å². The lowest BCUT2D eigenvalue weighted by molar-refractivity contribution is -0.151. The zero-order valence-corrected chi connectivity index (χ0v) is 17.7. The largest absolute Gasteiger partial charge is 0.454 e. The standard InChI is InChI=1S/C22H27N3O5/c1-13(25-15-7-5-6-8-16(15)30-20(25)28)19(27)29-12-18(26)24-23-17-11-14-9-10-22(17,4)21(14,2)3/h5-8,13-14H,9-12H2,1-4H3,(H,24,26)/b23-17+. The quantitative estimate of drug-likeness (QED) is 0.600. The molecule has 0 spiro atoms. The number of carbonyl (C=O) groups excluding carboxylic acids is 2. The summed E-state index contributed by atoms with van der Waals surface area (Å²) in [6.45, 7) is 7.80. The van der Waals surface area contributed by atoms with Gasteiger partial charge in [-0.1, -0.05) is 32.9 Å². The maximum absolute atomic E-state index is 12.4. The second kappa shape index (κ2) is 7.11. The number of hydrogen-bond acceptors (Lipinski definition) is 6. The van der Waals surface area contributed by atoms with Crippen LogP contribution < -0.4 is 11.2 Å². The summed E-state index contributed by atoms with van der Waals surface area (Å²) >= 11 is 0. The van der Waals surface area contributed by atoms with E-state index in [1.165, 1.54) is 17.9 Å². The van der Waals surface area contributed by atoms with Crippen molar-refractivity contribution in [2.75, 3.05) is 6.61 Å². The molecule has 3 unspecified atom stereocenters. The van der Waals surface area contributed by atoms with Crippen LogP contribution in [0.1, 0.15) is 53.0 Å². The third kappa shape index (κ3) is 3.05. The first-order chi connectivity index (χ1) is 14.1. The van der Waals surface area contributed by atoms with Crippen LogP contribution in [-0.2, 0) is 14.3 Å². The highest BCUT2D eigenvalue weighted by Gasteiger charge is 2.60. The van der Waals surface area contributed by atoms with E-state index in [9.17, 15) is 14.4 Å². The average molecular weight is 413 g/mol. The second-order valence-corrected chi connectivity index (χ2v) is 9.08. The van der Waals surface area contributed by atoms with Crippen molar-refractivity contribution >= 4 is 28.7 Å². The van der Waals surface area contributed by atoms with Crippen molar-refractivity contribution in [1.29, 1.82) is 0 Å². The van der Waals surface area contributed by atoms with E-state index in [1.54, 1.807) is 24.3 Å². The van der Waals surface area contributed by atoms with Crippen molar-refractivity contribution in [3.05, 3.63) is 34.8 Å². The number of esters is 1. The predicted octanol–water partition coefficient (Wildman–Crippen LogP) is 3.02. The Balaban J connectivity index is 1.37. The number of nitrogens with zero attached hydrogens (tertiary/aromatic N) is 2. The van der Waals surface area contributed by atoms with Gasteiger partial charge in [0.25, 0.3) is 5.91 Å². The molecular weight excluding hydrogens is 386 g/mol. The van der Waals surface area contributed by atoms with Crippen LogP contribution in [0.25, 0.3) is 11.1 Å². The molecule has 0 saturated heterocycles. The highest BCUT2D eigenvalue weighted by molar-refractivity contribution is 5.95. The lowest BCUT2D eigenvalue weighted by Crippen LogP contribution is -2.35. The number of oxazole rings is 1. The number of benzene rings is 1. The Bertz CT molecular complexity index is 1100. The van der Waals surface area contributed by atoms with Crippen molar-refractivity contribution < 1.29 is 18.7 Å². The van der Waals surface area contributed by atoms with Crippen molar-refractivity contribution in [3.63, 3.8) is 0 Å². The van der Waals surface area contributed by atoms with Crippen LogP contribution in [0.3, 0.4) is 0 Å². The molecule has 2 aliphatic rings.